The van der Waals surface area contributed by atoms with E-state index < -0.39 is 6.10 Å². The Morgan fingerprint density at radius 3 is 2.71 bits per heavy atom. The molecule has 1 aromatic carbocycles. The molecule has 0 aliphatic carbocycles. The van der Waals surface area contributed by atoms with Gasteiger partial charge in [-0.25, -0.2) is 0 Å². The summed E-state index contributed by atoms with van der Waals surface area (Å²) < 4.78 is 5.24. The molecule has 1 atom stereocenters. The number of amides is 1. The van der Waals surface area contributed by atoms with E-state index in [2.05, 4.69) is 5.16 Å². The number of nitrogens with zero attached hydrogens (tertiary/aromatic N) is 2. The largest absolute Gasteiger partial charge is 0.382 e. The van der Waals surface area contributed by atoms with E-state index >= 15 is 0 Å². The molecule has 0 unspecified atom stereocenters. The molecule has 0 aromatic heterocycles. The first-order valence-electron chi connectivity index (χ1n) is 6.70. The zero-order valence-electron chi connectivity index (χ0n) is 11.2. The second-order valence-electron chi connectivity index (χ2n) is 4.90. The van der Waals surface area contributed by atoms with Crippen LogP contribution >= 0.6 is 23.2 Å². The highest BCUT2D eigenvalue weighted by Crippen LogP contribution is 2.26. The van der Waals surface area contributed by atoms with Gasteiger partial charge in [-0.2, -0.15) is 0 Å². The summed E-state index contributed by atoms with van der Waals surface area (Å²) in [4.78, 5) is 19.4. The van der Waals surface area contributed by atoms with Gasteiger partial charge in [0.05, 0.1) is 29.0 Å². The van der Waals surface area contributed by atoms with Crippen LogP contribution in [0.3, 0.4) is 0 Å². The molecule has 2 aliphatic rings. The number of rotatable bonds is 2. The van der Waals surface area contributed by atoms with Gasteiger partial charge in [-0.05, 0) is 12.1 Å². The minimum Gasteiger partial charge on any atom is -0.382 e. The molecule has 2 heterocycles. The summed E-state index contributed by atoms with van der Waals surface area (Å²) in [5, 5.41) is 4.96. The Labute approximate surface area is 132 Å². The van der Waals surface area contributed by atoms with Crippen LogP contribution in [0, 0.1) is 0 Å². The van der Waals surface area contributed by atoms with Gasteiger partial charge in [0.15, 0.2) is 0 Å². The third-order valence-corrected chi connectivity index (χ3v) is 4.26. The molecule has 21 heavy (non-hydrogen) atoms. The van der Waals surface area contributed by atoms with Gasteiger partial charge in [0.2, 0.25) is 6.10 Å². The second kappa shape index (κ2) is 6.22. The minimum absolute atomic E-state index is 0.0443. The molecule has 1 aromatic rings. The minimum atomic E-state index is -0.562. The van der Waals surface area contributed by atoms with E-state index in [1.54, 1.807) is 17.0 Å². The summed E-state index contributed by atoms with van der Waals surface area (Å²) in [6.07, 6.45) is -0.124. The number of morpholine rings is 1. The van der Waals surface area contributed by atoms with Gasteiger partial charge in [-0.3, -0.25) is 4.79 Å². The maximum absolute atomic E-state index is 12.3. The summed E-state index contributed by atoms with van der Waals surface area (Å²) in [6.45, 7) is 2.33. The maximum atomic E-state index is 12.3. The Kier molecular flexibility index (Phi) is 4.33. The van der Waals surface area contributed by atoms with E-state index in [-0.39, 0.29) is 5.91 Å². The third-order valence-electron chi connectivity index (χ3n) is 3.52. The van der Waals surface area contributed by atoms with Gasteiger partial charge in [0.1, 0.15) is 0 Å². The highest BCUT2D eigenvalue weighted by atomic mass is 35.5. The molecule has 3 rings (SSSR count). The molecule has 2 aliphatic heterocycles. The number of halogens is 2. The predicted octanol–water partition coefficient (Wildman–Crippen LogP) is 2.35. The first kappa shape index (κ1) is 14.6. The molecule has 0 saturated carbocycles. The molecule has 1 amide bonds. The number of hydrogen-bond donors (Lipinski definition) is 0. The number of carbonyl (C=O) groups is 1. The van der Waals surface area contributed by atoms with Crippen LogP contribution < -0.4 is 0 Å². The highest BCUT2D eigenvalue weighted by Gasteiger charge is 2.33. The molecular formula is C14H14Cl2N2O3. The molecule has 7 heteroatoms. The quantitative estimate of drug-likeness (QED) is 0.837. The van der Waals surface area contributed by atoms with Crippen LogP contribution in [0.4, 0.5) is 0 Å². The lowest BCUT2D eigenvalue weighted by molar-refractivity contribution is -0.146. The normalized spacial score (nSPS) is 21.9. The van der Waals surface area contributed by atoms with Crippen molar-refractivity contribution in [3.8, 4) is 0 Å². The SMILES string of the molecule is O=C([C@@H]1CC(c2ccc(Cl)c(Cl)c2)=NO1)N1CCOCC1. The molecule has 112 valence electrons. The highest BCUT2D eigenvalue weighted by molar-refractivity contribution is 6.42. The number of hydrogen-bond acceptors (Lipinski definition) is 4. The lowest BCUT2D eigenvalue weighted by atomic mass is 10.0. The first-order valence-corrected chi connectivity index (χ1v) is 7.45. The van der Waals surface area contributed by atoms with Gasteiger partial charge < -0.3 is 14.5 Å². The maximum Gasteiger partial charge on any atom is 0.267 e. The van der Waals surface area contributed by atoms with Crippen molar-refractivity contribution in [2.75, 3.05) is 26.3 Å². The number of carbonyl (C=O) groups excluding carboxylic acids is 1. The molecule has 0 radical (unpaired) electrons. The van der Waals surface area contributed by atoms with E-state index in [1.807, 2.05) is 6.07 Å². The van der Waals surface area contributed by atoms with Crippen molar-refractivity contribution in [3.05, 3.63) is 33.8 Å². The van der Waals surface area contributed by atoms with Gasteiger partial charge in [0.25, 0.3) is 5.91 Å². The van der Waals surface area contributed by atoms with Gasteiger partial charge >= 0.3 is 0 Å². The Balaban J connectivity index is 1.66. The van der Waals surface area contributed by atoms with Crippen LogP contribution in [0.2, 0.25) is 10.0 Å². The number of benzene rings is 1. The molecular weight excluding hydrogens is 315 g/mol. The van der Waals surface area contributed by atoms with Crippen LogP contribution in [-0.2, 0) is 14.4 Å². The van der Waals surface area contributed by atoms with Crippen molar-refractivity contribution < 1.29 is 14.4 Å². The van der Waals surface area contributed by atoms with Crippen LogP contribution in [-0.4, -0.2) is 48.9 Å². The summed E-state index contributed by atoms with van der Waals surface area (Å²) in [5.74, 6) is -0.0443. The standard InChI is InChI=1S/C14H14Cl2N2O3/c15-10-2-1-9(7-11(10)16)12-8-13(21-17-12)14(19)18-3-5-20-6-4-18/h1-2,7,13H,3-6,8H2/t13-/m0/s1. The Morgan fingerprint density at radius 1 is 1.24 bits per heavy atom. The Hall–Kier alpha value is -1.30. The predicted molar refractivity (Wildman–Crippen MR) is 79.9 cm³/mol. The summed E-state index contributed by atoms with van der Waals surface area (Å²) in [5.41, 5.74) is 1.53. The molecule has 0 spiro atoms. The molecule has 1 fully saturated rings. The molecule has 0 N–H and O–H groups in total. The van der Waals surface area contributed by atoms with E-state index in [0.717, 1.165) is 5.56 Å². The smallest absolute Gasteiger partial charge is 0.267 e. The Morgan fingerprint density at radius 2 is 2.00 bits per heavy atom. The van der Waals surface area contributed by atoms with Crippen molar-refractivity contribution in [2.24, 2.45) is 5.16 Å². The molecule has 5 nitrogen and oxygen atoms in total. The second-order valence-corrected chi connectivity index (χ2v) is 5.72. The number of ether oxygens (including phenoxy) is 1. The average Bonchev–Trinajstić information content (AvgIpc) is 3.00. The van der Waals surface area contributed by atoms with E-state index in [9.17, 15) is 4.79 Å². The van der Waals surface area contributed by atoms with E-state index in [4.69, 9.17) is 32.8 Å². The molecule has 1 saturated heterocycles. The molecule has 0 bridgehead atoms. The van der Waals surface area contributed by atoms with Gasteiger partial charge in [0, 0.05) is 25.1 Å². The van der Waals surface area contributed by atoms with Crippen LogP contribution in [0.15, 0.2) is 23.4 Å². The lowest BCUT2D eigenvalue weighted by Gasteiger charge is -2.28. The summed E-state index contributed by atoms with van der Waals surface area (Å²) in [6, 6.07) is 5.25. The fourth-order valence-corrected chi connectivity index (χ4v) is 2.64. The van der Waals surface area contributed by atoms with Crippen LogP contribution in [0.5, 0.6) is 0 Å². The van der Waals surface area contributed by atoms with Gasteiger partial charge in [-0.15, -0.1) is 0 Å². The van der Waals surface area contributed by atoms with Crippen molar-refractivity contribution in [3.63, 3.8) is 0 Å². The summed E-state index contributed by atoms with van der Waals surface area (Å²) >= 11 is 11.9. The van der Waals surface area contributed by atoms with Crippen molar-refractivity contribution >= 4 is 34.8 Å². The monoisotopic (exact) mass is 328 g/mol. The van der Waals surface area contributed by atoms with E-state index in [0.29, 0.717) is 48.5 Å². The number of oxime groups is 1. The van der Waals surface area contributed by atoms with Crippen LogP contribution in [0.25, 0.3) is 0 Å². The topological polar surface area (TPSA) is 51.1 Å². The van der Waals surface area contributed by atoms with Crippen molar-refractivity contribution in [1.82, 2.24) is 4.90 Å². The fourth-order valence-electron chi connectivity index (χ4n) is 2.34. The summed E-state index contributed by atoms with van der Waals surface area (Å²) in [7, 11) is 0. The zero-order chi connectivity index (χ0) is 14.8. The zero-order valence-corrected chi connectivity index (χ0v) is 12.7. The Bertz CT molecular complexity index is 586. The van der Waals surface area contributed by atoms with Gasteiger partial charge in [-0.1, -0.05) is 34.4 Å². The van der Waals surface area contributed by atoms with E-state index in [1.165, 1.54) is 0 Å². The van der Waals surface area contributed by atoms with Crippen molar-refractivity contribution in [1.29, 1.82) is 0 Å². The third kappa shape index (κ3) is 3.15. The van der Waals surface area contributed by atoms with Crippen LogP contribution in [0.1, 0.15) is 12.0 Å². The van der Waals surface area contributed by atoms with Crippen molar-refractivity contribution in [2.45, 2.75) is 12.5 Å². The fraction of sp³-hybridized carbons (Fsp3) is 0.429. The average molecular weight is 329 g/mol. The first-order chi connectivity index (χ1) is 10.1. The lowest BCUT2D eigenvalue weighted by Crippen LogP contribution is -2.45.